The maximum Gasteiger partial charge on any atom is 0.225 e. The van der Waals surface area contributed by atoms with E-state index >= 15 is 0 Å². The molecule has 0 fully saturated rings. The van der Waals surface area contributed by atoms with Gasteiger partial charge in [0.05, 0.1) is 23.6 Å². The molecule has 2 aromatic carbocycles. The van der Waals surface area contributed by atoms with Crippen molar-refractivity contribution >= 4 is 16.9 Å². The van der Waals surface area contributed by atoms with Crippen molar-refractivity contribution in [2.75, 3.05) is 6.61 Å². The molecule has 28 heavy (non-hydrogen) atoms. The predicted octanol–water partition coefficient (Wildman–Crippen LogP) is 4.65. The predicted molar refractivity (Wildman–Crippen MR) is 112 cm³/mol. The average Bonchev–Trinajstić information content (AvgIpc) is 3.01. The van der Waals surface area contributed by atoms with Gasteiger partial charge in [0.15, 0.2) is 0 Å². The zero-order valence-electron chi connectivity index (χ0n) is 17.3. The van der Waals surface area contributed by atoms with E-state index in [-0.39, 0.29) is 11.9 Å². The van der Waals surface area contributed by atoms with Crippen molar-refractivity contribution in [3.05, 3.63) is 59.9 Å². The Bertz CT molecular complexity index is 952. The van der Waals surface area contributed by atoms with Gasteiger partial charge in [0, 0.05) is 5.41 Å². The summed E-state index contributed by atoms with van der Waals surface area (Å²) in [4.78, 5) is 17.2. The summed E-state index contributed by atoms with van der Waals surface area (Å²) in [5, 5.41) is 3.09. The molecule has 1 N–H and O–H groups in total. The number of amides is 1. The summed E-state index contributed by atoms with van der Waals surface area (Å²) >= 11 is 0. The van der Waals surface area contributed by atoms with Gasteiger partial charge >= 0.3 is 0 Å². The van der Waals surface area contributed by atoms with Crippen LogP contribution in [0, 0.1) is 12.3 Å². The number of aryl methyl sites for hydroxylation is 1. The standard InChI is InChI=1S/C23H29N3O2/c1-16-10-12-18(13-11-16)28-15-14-26-20-9-7-6-8-19(20)25-21(26)17(2)24-22(27)23(3,4)5/h6-13,17H,14-15H2,1-5H3,(H,24,27). The molecule has 1 amide bonds. The Morgan fingerprint density at radius 2 is 1.82 bits per heavy atom. The van der Waals surface area contributed by atoms with Crippen LogP contribution in [0.5, 0.6) is 5.75 Å². The molecule has 3 rings (SSSR count). The molecule has 5 nitrogen and oxygen atoms in total. The van der Waals surface area contributed by atoms with Crippen molar-refractivity contribution in [2.24, 2.45) is 5.41 Å². The minimum Gasteiger partial charge on any atom is -0.492 e. The second-order valence-electron chi connectivity index (χ2n) is 8.22. The summed E-state index contributed by atoms with van der Waals surface area (Å²) < 4.78 is 8.05. The normalized spacial score (nSPS) is 12.8. The lowest BCUT2D eigenvalue weighted by Crippen LogP contribution is -2.37. The number of carbonyl (C=O) groups is 1. The van der Waals surface area contributed by atoms with Crippen LogP contribution in [0.15, 0.2) is 48.5 Å². The zero-order valence-corrected chi connectivity index (χ0v) is 17.3. The Hall–Kier alpha value is -2.82. The molecule has 0 saturated heterocycles. The molecular weight excluding hydrogens is 350 g/mol. The van der Waals surface area contributed by atoms with E-state index in [9.17, 15) is 4.79 Å². The molecule has 1 heterocycles. The fourth-order valence-corrected chi connectivity index (χ4v) is 3.03. The molecule has 1 aromatic heterocycles. The number of fused-ring (bicyclic) bond motifs is 1. The maximum atomic E-state index is 12.4. The fourth-order valence-electron chi connectivity index (χ4n) is 3.03. The van der Waals surface area contributed by atoms with E-state index in [1.807, 2.05) is 70.2 Å². The Kier molecular flexibility index (Phi) is 5.73. The van der Waals surface area contributed by atoms with Crippen molar-refractivity contribution in [1.29, 1.82) is 0 Å². The molecule has 0 spiro atoms. The van der Waals surface area contributed by atoms with Crippen molar-refractivity contribution in [3.63, 3.8) is 0 Å². The largest absolute Gasteiger partial charge is 0.492 e. The third kappa shape index (κ3) is 4.53. The first-order valence-electron chi connectivity index (χ1n) is 9.71. The lowest BCUT2D eigenvalue weighted by molar-refractivity contribution is -0.129. The third-order valence-electron chi connectivity index (χ3n) is 4.70. The first-order valence-corrected chi connectivity index (χ1v) is 9.71. The number of aromatic nitrogens is 2. The van der Waals surface area contributed by atoms with Gasteiger partial charge in [0.25, 0.3) is 0 Å². The van der Waals surface area contributed by atoms with Crippen LogP contribution in [0.4, 0.5) is 0 Å². The molecule has 148 valence electrons. The van der Waals surface area contributed by atoms with Crippen LogP contribution < -0.4 is 10.1 Å². The Morgan fingerprint density at radius 1 is 1.14 bits per heavy atom. The third-order valence-corrected chi connectivity index (χ3v) is 4.70. The quantitative estimate of drug-likeness (QED) is 0.678. The molecule has 0 aliphatic rings. The van der Waals surface area contributed by atoms with Crippen LogP contribution in [0.25, 0.3) is 11.0 Å². The molecular formula is C23H29N3O2. The number of imidazole rings is 1. The fraction of sp³-hybridized carbons (Fsp3) is 0.391. The van der Waals surface area contributed by atoms with Crippen LogP contribution in [0.2, 0.25) is 0 Å². The highest BCUT2D eigenvalue weighted by atomic mass is 16.5. The van der Waals surface area contributed by atoms with Crippen molar-refractivity contribution in [2.45, 2.75) is 47.2 Å². The number of nitrogens with one attached hydrogen (secondary N) is 1. The van der Waals surface area contributed by atoms with Gasteiger partial charge in [-0.15, -0.1) is 0 Å². The lowest BCUT2D eigenvalue weighted by Gasteiger charge is -2.22. The second kappa shape index (κ2) is 8.05. The summed E-state index contributed by atoms with van der Waals surface area (Å²) in [5.74, 6) is 1.70. The summed E-state index contributed by atoms with van der Waals surface area (Å²) in [6, 6.07) is 15.9. The smallest absolute Gasteiger partial charge is 0.225 e. The zero-order chi connectivity index (χ0) is 20.3. The topological polar surface area (TPSA) is 56.1 Å². The number of benzene rings is 2. The molecule has 1 unspecified atom stereocenters. The van der Waals surface area contributed by atoms with Crippen LogP contribution in [0.1, 0.15) is 45.1 Å². The molecule has 0 radical (unpaired) electrons. The van der Waals surface area contributed by atoms with Gasteiger partial charge < -0.3 is 14.6 Å². The Morgan fingerprint density at radius 3 is 2.50 bits per heavy atom. The number of hydrogen-bond acceptors (Lipinski definition) is 3. The average molecular weight is 380 g/mol. The Balaban J connectivity index is 1.80. The molecule has 1 atom stereocenters. The molecule has 0 aliphatic carbocycles. The number of rotatable bonds is 6. The van der Waals surface area contributed by atoms with Gasteiger partial charge in [-0.05, 0) is 38.1 Å². The van der Waals surface area contributed by atoms with Crippen molar-refractivity contribution in [1.82, 2.24) is 14.9 Å². The van der Waals surface area contributed by atoms with Gasteiger partial charge in [0.1, 0.15) is 18.2 Å². The summed E-state index contributed by atoms with van der Waals surface area (Å²) in [6.45, 7) is 10.9. The first kappa shape index (κ1) is 19.9. The van der Waals surface area contributed by atoms with E-state index in [1.165, 1.54) is 5.56 Å². The molecule has 5 heteroatoms. The van der Waals surface area contributed by atoms with E-state index in [2.05, 4.69) is 22.9 Å². The van der Waals surface area contributed by atoms with Gasteiger partial charge in [-0.2, -0.15) is 0 Å². The van der Waals surface area contributed by atoms with E-state index in [0.29, 0.717) is 13.2 Å². The van der Waals surface area contributed by atoms with Crippen LogP contribution in [0.3, 0.4) is 0 Å². The number of carbonyl (C=O) groups excluding carboxylic acids is 1. The monoisotopic (exact) mass is 379 g/mol. The summed E-state index contributed by atoms with van der Waals surface area (Å²) in [5.41, 5.74) is 2.73. The molecule has 0 aliphatic heterocycles. The van der Waals surface area contributed by atoms with Crippen LogP contribution >= 0.6 is 0 Å². The number of para-hydroxylation sites is 2. The minimum atomic E-state index is -0.445. The molecule has 0 bridgehead atoms. The van der Waals surface area contributed by atoms with Gasteiger partial charge in [-0.25, -0.2) is 4.98 Å². The second-order valence-corrected chi connectivity index (χ2v) is 8.22. The highest BCUT2D eigenvalue weighted by Gasteiger charge is 2.25. The SMILES string of the molecule is Cc1ccc(OCCn2c(C(C)NC(=O)C(C)(C)C)nc3ccccc32)cc1. The van der Waals surface area contributed by atoms with Gasteiger partial charge in [-0.1, -0.05) is 50.6 Å². The first-order chi connectivity index (χ1) is 13.3. The van der Waals surface area contributed by atoms with Crippen molar-refractivity contribution < 1.29 is 9.53 Å². The van der Waals surface area contributed by atoms with Crippen LogP contribution in [-0.4, -0.2) is 22.1 Å². The van der Waals surface area contributed by atoms with E-state index in [4.69, 9.17) is 9.72 Å². The number of hydrogen-bond donors (Lipinski definition) is 1. The number of ether oxygens (including phenoxy) is 1. The summed E-state index contributed by atoms with van der Waals surface area (Å²) in [7, 11) is 0. The van der Waals surface area contributed by atoms with Gasteiger partial charge in [-0.3, -0.25) is 4.79 Å². The number of nitrogens with zero attached hydrogens (tertiary/aromatic N) is 2. The molecule has 0 saturated carbocycles. The molecule has 3 aromatic rings. The van der Waals surface area contributed by atoms with Crippen molar-refractivity contribution in [3.8, 4) is 5.75 Å². The highest BCUT2D eigenvalue weighted by molar-refractivity contribution is 5.82. The minimum absolute atomic E-state index is 0.00881. The Labute approximate surface area is 166 Å². The lowest BCUT2D eigenvalue weighted by atomic mass is 9.95. The summed E-state index contributed by atoms with van der Waals surface area (Å²) in [6.07, 6.45) is 0. The van der Waals surface area contributed by atoms with E-state index in [1.54, 1.807) is 0 Å². The maximum absolute atomic E-state index is 12.4. The van der Waals surface area contributed by atoms with Gasteiger partial charge in [0.2, 0.25) is 5.91 Å². The van der Waals surface area contributed by atoms with E-state index in [0.717, 1.165) is 22.6 Å². The van der Waals surface area contributed by atoms with E-state index < -0.39 is 5.41 Å². The highest BCUT2D eigenvalue weighted by Crippen LogP contribution is 2.23. The van der Waals surface area contributed by atoms with Crippen LogP contribution in [-0.2, 0) is 11.3 Å².